The van der Waals surface area contributed by atoms with Crippen molar-refractivity contribution in [3.63, 3.8) is 0 Å². The summed E-state index contributed by atoms with van der Waals surface area (Å²) in [6.07, 6.45) is 3.73. The summed E-state index contributed by atoms with van der Waals surface area (Å²) < 4.78 is 35.3. The molecule has 8 heteroatoms. The molecule has 0 saturated carbocycles. The van der Waals surface area contributed by atoms with Gasteiger partial charge in [-0.25, -0.2) is 8.42 Å². The molecule has 0 radical (unpaired) electrons. The van der Waals surface area contributed by atoms with Crippen molar-refractivity contribution in [2.45, 2.75) is 33.7 Å². The van der Waals surface area contributed by atoms with Crippen molar-refractivity contribution in [1.29, 1.82) is 5.41 Å². The molecule has 0 saturated heterocycles. The number of nitrogens with one attached hydrogen (secondary N) is 1. The van der Waals surface area contributed by atoms with E-state index in [1.807, 2.05) is 20.8 Å². The first-order chi connectivity index (χ1) is 10.2. The molecule has 1 aromatic heterocycles. The zero-order valence-electron chi connectivity index (χ0n) is 14.0. The third-order valence-corrected chi connectivity index (χ3v) is 4.35. The molecular formula is C15H20KN3O3S. The zero-order valence-corrected chi connectivity index (χ0v) is 17.9. The van der Waals surface area contributed by atoms with E-state index in [0.29, 0.717) is 6.54 Å². The van der Waals surface area contributed by atoms with Crippen molar-refractivity contribution in [1.82, 2.24) is 9.13 Å². The van der Waals surface area contributed by atoms with Gasteiger partial charge in [-0.2, -0.15) is 0 Å². The summed E-state index contributed by atoms with van der Waals surface area (Å²) in [7, 11) is -4.20. The Morgan fingerprint density at radius 2 is 1.70 bits per heavy atom. The van der Waals surface area contributed by atoms with E-state index >= 15 is 0 Å². The molecule has 1 heterocycles. The number of rotatable bonds is 5. The van der Waals surface area contributed by atoms with E-state index in [1.165, 1.54) is 5.56 Å². The maximum atomic E-state index is 10.6. The molecule has 2 aromatic rings. The minimum atomic E-state index is -4.20. The quantitative estimate of drug-likeness (QED) is 0.526. The number of nitrogens with zero attached hydrogens (tertiary/aromatic N) is 2. The van der Waals surface area contributed by atoms with Crippen LogP contribution in [0.2, 0.25) is 0 Å². The second-order valence-corrected chi connectivity index (χ2v) is 7.07. The average Bonchev–Trinajstić information content (AvgIpc) is 2.69. The summed E-state index contributed by atoms with van der Waals surface area (Å²) in [6, 6.07) is 4.13. The topological polar surface area (TPSA) is 90.9 Å². The number of hydrogen-bond donors (Lipinski definition) is 1. The van der Waals surface area contributed by atoms with Crippen LogP contribution in [0.25, 0.3) is 5.69 Å². The third-order valence-electron chi connectivity index (χ3n) is 3.57. The molecule has 0 spiro atoms. The Bertz CT molecular complexity index is 830. The molecule has 0 aliphatic heterocycles. The number of aromatic nitrogens is 2. The first kappa shape index (κ1) is 20.8. The van der Waals surface area contributed by atoms with E-state index in [2.05, 4.69) is 12.1 Å². The molecule has 0 unspecified atom stereocenters. The molecule has 120 valence electrons. The van der Waals surface area contributed by atoms with Crippen LogP contribution in [-0.4, -0.2) is 27.9 Å². The molecule has 0 amide bonds. The monoisotopic (exact) mass is 361 g/mol. The van der Waals surface area contributed by atoms with E-state index in [1.54, 1.807) is 21.5 Å². The SMILES string of the molecule is Cc1cc(C)c(-n2ccn(CCCS(=O)(=O)[O-])c2=N)c(C)c1.[K+]. The molecule has 0 bridgehead atoms. The maximum absolute atomic E-state index is 10.6. The van der Waals surface area contributed by atoms with Gasteiger partial charge in [0.15, 0.2) is 0 Å². The molecule has 6 nitrogen and oxygen atoms in total. The fraction of sp³-hybridized carbons (Fsp3) is 0.400. The number of aryl methyl sites for hydroxylation is 4. The van der Waals surface area contributed by atoms with Gasteiger partial charge >= 0.3 is 51.4 Å². The summed E-state index contributed by atoms with van der Waals surface area (Å²) >= 11 is 0. The van der Waals surface area contributed by atoms with Gasteiger partial charge in [-0.1, -0.05) is 17.7 Å². The summed E-state index contributed by atoms with van der Waals surface area (Å²) in [6.45, 7) is 6.37. The first-order valence-corrected chi connectivity index (χ1v) is 8.61. The van der Waals surface area contributed by atoms with E-state index in [-0.39, 0.29) is 63.4 Å². The van der Waals surface area contributed by atoms with E-state index in [9.17, 15) is 13.0 Å². The Morgan fingerprint density at radius 3 is 2.22 bits per heavy atom. The van der Waals surface area contributed by atoms with E-state index in [0.717, 1.165) is 16.8 Å². The van der Waals surface area contributed by atoms with Gasteiger partial charge in [0, 0.05) is 24.7 Å². The molecule has 1 aromatic carbocycles. The maximum Gasteiger partial charge on any atom is 1.00 e. The van der Waals surface area contributed by atoms with Crippen LogP contribution in [0.5, 0.6) is 0 Å². The Labute approximate surface area is 179 Å². The second kappa shape index (κ2) is 8.24. The Morgan fingerprint density at radius 1 is 1.13 bits per heavy atom. The fourth-order valence-corrected chi connectivity index (χ4v) is 3.23. The van der Waals surface area contributed by atoms with Gasteiger partial charge in [-0.05, 0) is 38.3 Å². The molecule has 0 aliphatic carbocycles. The molecule has 23 heavy (non-hydrogen) atoms. The smallest absolute Gasteiger partial charge is 0.748 e. The molecule has 0 aliphatic rings. The number of hydrogen-bond acceptors (Lipinski definition) is 4. The van der Waals surface area contributed by atoms with Crippen molar-refractivity contribution < 1.29 is 64.4 Å². The van der Waals surface area contributed by atoms with Gasteiger partial charge in [0.2, 0.25) is 5.62 Å². The van der Waals surface area contributed by atoms with Gasteiger partial charge in [-0.15, -0.1) is 0 Å². The molecule has 2 rings (SSSR count). The van der Waals surface area contributed by atoms with E-state index < -0.39 is 15.9 Å². The fourth-order valence-electron chi connectivity index (χ4n) is 2.75. The van der Waals surface area contributed by atoms with Crippen LogP contribution in [0.1, 0.15) is 23.1 Å². The summed E-state index contributed by atoms with van der Waals surface area (Å²) in [5.74, 6) is -0.410. The predicted molar refractivity (Wildman–Crippen MR) is 83.0 cm³/mol. The first-order valence-electron chi connectivity index (χ1n) is 7.03. The van der Waals surface area contributed by atoms with Crippen molar-refractivity contribution in [2.75, 3.05) is 5.75 Å². The standard InChI is InChI=1S/C15H21N3O3S.K/c1-11-9-12(2)14(13(3)10-11)18-7-6-17(15(18)16)5-4-8-22(19,20)21;/h6-7,9-10,16H,4-5,8H2,1-3H3,(H,19,20,21);/q;+1/p-1. The van der Waals surface area contributed by atoms with Crippen LogP contribution in [-0.2, 0) is 16.7 Å². The van der Waals surface area contributed by atoms with Gasteiger partial charge < -0.3 is 9.12 Å². The number of imidazole rings is 1. The summed E-state index contributed by atoms with van der Waals surface area (Å²) in [5.41, 5.74) is 4.56. The molecule has 0 atom stereocenters. The molecular weight excluding hydrogens is 341 g/mol. The van der Waals surface area contributed by atoms with E-state index in [4.69, 9.17) is 5.41 Å². The van der Waals surface area contributed by atoms with Crippen LogP contribution >= 0.6 is 0 Å². The van der Waals surface area contributed by atoms with Crippen molar-refractivity contribution >= 4 is 10.1 Å². The summed E-state index contributed by atoms with van der Waals surface area (Å²) in [4.78, 5) is 0. The van der Waals surface area contributed by atoms with Crippen molar-refractivity contribution in [3.05, 3.63) is 46.8 Å². The molecule has 0 fully saturated rings. The van der Waals surface area contributed by atoms with Crippen LogP contribution in [0.15, 0.2) is 24.5 Å². The van der Waals surface area contributed by atoms with Crippen LogP contribution in [0.3, 0.4) is 0 Å². The number of benzene rings is 1. The van der Waals surface area contributed by atoms with Gasteiger partial charge in [0.25, 0.3) is 0 Å². The van der Waals surface area contributed by atoms with Crippen LogP contribution in [0.4, 0.5) is 0 Å². The minimum Gasteiger partial charge on any atom is -0.748 e. The van der Waals surface area contributed by atoms with Crippen molar-refractivity contribution in [3.8, 4) is 5.69 Å². The van der Waals surface area contributed by atoms with Gasteiger partial charge in [-0.3, -0.25) is 9.98 Å². The third kappa shape index (κ3) is 5.38. The van der Waals surface area contributed by atoms with Crippen LogP contribution < -0.4 is 57.0 Å². The Hall–Kier alpha value is -0.224. The van der Waals surface area contributed by atoms with Crippen molar-refractivity contribution in [2.24, 2.45) is 0 Å². The Kier molecular flexibility index (Phi) is 7.46. The normalized spacial score (nSPS) is 11.3. The Balaban J connectivity index is 0.00000264. The van der Waals surface area contributed by atoms with Crippen LogP contribution in [0, 0.1) is 26.2 Å². The largest absolute Gasteiger partial charge is 1.00 e. The van der Waals surface area contributed by atoms with Gasteiger partial charge in [0.1, 0.15) is 0 Å². The molecule has 1 N–H and O–H groups in total. The second-order valence-electron chi connectivity index (χ2n) is 5.55. The average molecular weight is 362 g/mol. The zero-order chi connectivity index (χ0) is 16.5. The van der Waals surface area contributed by atoms with Gasteiger partial charge in [0.05, 0.1) is 15.8 Å². The predicted octanol–water partition coefficient (Wildman–Crippen LogP) is -1.38. The minimum absolute atomic E-state index is 0. The summed E-state index contributed by atoms with van der Waals surface area (Å²) in [5, 5.41) is 8.24.